The number of carboxylic acids is 1. The lowest BCUT2D eigenvalue weighted by Gasteiger charge is -2.27. The Balaban J connectivity index is 2.36. The van der Waals surface area contributed by atoms with Crippen LogP contribution < -0.4 is 0 Å². The van der Waals surface area contributed by atoms with Gasteiger partial charge < -0.3 is 9.84 Å². The number of carboxylic acid groups (broad SMARTS) is 1. The van der Waals surface area contributed by atoms with Gasteiger partial charge in [0, 0.05) is 0 Å². The van der Waals surface area contributed by atoms with Gasteiger partial charge in [0.15, 0.2) is 0 Å². The Morgan fingerprint density at radius 1 is 0.700 bits per heavy atom. The summed E-state index contributed by atoms with van der Waals surface area (Å²) in [6.07, 6.45) is 15.6. The topological polar surface area (TPSA) is 63.6 Å². The molecule has 0 bridgehead atoms. The Hall–Kier alpha value is -1.06. The highest BCUT2D eigenvalue weighted by atomic mass is 16.5. The van der Waals surface area contributed by atoms with Gasteiger partial charge in [0.25, 0.3) is 0 Å². The minimum Gasteiger partial charge on any atom is -0.481 e. The second kappa shape index (κ2) is 15.7. The largest absolute Gasteiger partial charge is 0.481 e. The number of aliphatic carboxylic acids is 1. The van der Waals surface area contributed by atoms with Crippen LogP contribution in [0.25, 0.3) is 0 Å². The third-order valence-electron chi connectivity index (χ3n) is 6.56. The Morgan fingerprint density at radius 2 is 1.10 bits per heavy atom. The maximum Gasteiger partial charge on any atom is 0.309 e. The summed E-state index contributed by atoms with van der Waals surface area (Å²) in [7, 11) is 0. The number of esters is 1. The number of hydrogen-bond donors (Lipinski definition) is 1. The van der Waals surface area contributed by atoms with Crippen LogP contribution in [0.4, 0.5) is 0 Å². The molecule has 0 aromatic carbocycles. The van der Waals surface area contributed by atoms with E-state index in [0.29, 0.717) is 25.7 Å². The van der Waals surface area contributed by atoms with Gasteiger partial charge in [-0.25, -0.2) is 0 Å². The summed E-state index contributed by atoms with van der Waals surface area (Å²) in [5.41, 5.74) is 0. The third kappa shape index (κ3) is 12.6. The van der Waals surface area contributed by atoms with Crippen molar-refractivity contribution in [2.24, 2.45) is 23.7 Å². The van der Waals surface area contributed by atoms with Gasteiger partial charge in [-0.05, 0) is 63.2 Å². The molecule has 0 spiro atoms. The molecule has 0 heterocycles. The first kappa shape index (κ1) is 27.0. The maximum absolute atomic E-state index is 12.7. The molecule has 1 aliphatic carbocycles. The molecule has 1 unspecified atom stereocenters. The molecule has 1 saturated carbocycles. The van der Waals surface area contributed by atoms with Crippen LogP contribution in [0.2, 0.25) is 0 Å². The van der Waals surface area contributed by atoms with Crippen molar-refractivity contribution in [3.05, 3.63) is 0 Å². The van der Waals surface area contributed by atoms with Crippen LogP contribution in [-0.2, 0) is 14.3 Å². The molecule has 1 atom stereocenters. The molecule has 4 nitrogen and oxygen atoms in total. The molecule has 1 fully saturated rings. The molecule has 0 amide bonds. The summed E-state index contributed by atoms with van der Waals surface area (Å²) in [6, 6.07) is 0. The van der Waals surface area contributed by atoms with Crippen LogP contribution >= 0.6 is 0 Å². The monoisotopic (exact) mass is 424 g/mol. The van der Waals surface area contributed by atoms with E-state index >= 15 is 0 Å². The fourth-order valence-corrected chi connectivity index (χ4v) is 4.48. The lowest BCUT2D eigenvalue weighted by atomic mass is 9.82. The molecule has 176 valence electrons. The highest BCUT2D eigenvalue weighted by molar-refractivity contribution is 5.74. The smallest absolute Gasteiger partial charge is 0.309 e. The van der Waals surface area contributed by atoms with Gasteiger partial charge in [-0.3, -0.25) is 9.59 Å². The van der Waals surface area contributed by atoms with Gasteiger partial charge in [0.2, 0.25) is 0 Å². The number of hydrogen-bond acceptors (Lipinski definition) is 3. The summed E-state index contributed by atoms with van der Waals surface area (Å²) in [4.78, 5) is 23.8. The second-order valence-electron chi connectivity index (χ2n) is 10.4. The van der Waals surface area contributed by atoms with E-state index < -0.39 is 5.97 Å². The third-order valence-corrected chi connectivity index (χ3v) is 6.56. The summed E-state index contributed by atoms with van der Waals surface area (Å²) < 4.78 is 5.97. The van der Waals surface area contributed by atoms with Crippen LogP contribution in [0, 0.1) is 23.7 Å². The lowest BCUT2D eigenvalue weighted by Crippen LogP contribution is -2.29. The van der Waals surface area contributed by atoms with Gasteiger partial charge in [0.1, 0.15) is 6.10 Å². The zero-order valence-corrected chi connectivity index (χ0v) is 20.2. The first-order valence-electron chi connectivity index (χ1n) is 12.7. The van der Waals surface area contributed by atoms with Crippen LogP contribution in [0.15, 0.2) is 0 Å². The van der Waals surface area contributed by atoms with E-state index in [4.69, 9.17) is 9.84 Å². The molecule has 4 heteroatoms. The maximum atomic E-state index is 12.7. The fraction of sp³-hybridized carbons (Fsp3) is 0.923. The van der Waals surface area contributed by atoms with Crippen molar-refractivity contribution in [2.45, 2.75) is 130 Å². The normalized spacial score (nSPS) is 20.5. The van der Waals surface area contributed by atoms with Crippen LogP contribution in [-0.4, -0.2) is 23.1 Å². The first-order chi connectivity index (χ1) is 14.3. The van der Waals surface area contributed by atoms with Crippen molar-refractivity contribution < 1.29 is 19.4 Å². The lowest BCUT2D eigenvalue weighted by molar-refractivity contribution is -0.158. The number of ether oxygens (including phenoxy) is 1. The average Bonchev–Trinajstić information content (AvgIpc) is 2.69. The number of carbonyl (C=O) groups is 2. The van der Waals surface area contributed by atoms with E-state index in [1.165, 1.54) is 44.9 Å². The van der Waals surface area contributed by atoms with Crippen LogP contribution in [0.1, 0.15) is 124 Å². The van der Waals surface area contributed by atoms with Crippen molar-refractivity contribution in [1.29, 1.82) is 0 Å². The van der Waals surface area contributed by atoms with Crippen LogP contribution in [0.3, 0.4) is 0 Å². The number of rotatable bonds is 16. The van der Waals surface area contributed by atoms with E-state index in [9.17, 15) is 9.59 Å². The quantitative estimate of drug-likeness (QED) is 0.207. The van der Waals surface area contributed by atoms with Crippen molar-refractivity contribution >= 4 is 11.9 Å². The predicted molar refractivity (Wildman–Crippen MR) is 123 cm³/mol. The van der Waals surface area contributed by atoms with Crippen molar-refractivity contribution in [2.75, 3.05) is 0 Å². The molecule has 30 heavy (non-hydrogen) atoms. The molecular weight excluding hydrogens is 376 g/mol. The molecule has 0 saturated heterocycles. The molecule has 0 aliphatic heterocycles. The Morgan fingerprint density at radius 3 is 1.60 bits per heavy atom. The zero-order chi connectivity index (χ0) is 22.4. The molecule has 0 radical (unpaired) electrons. The highest BCUT2D eigenvalue weighted by Crippen LogP contribution is 2.30. The molecule has 1 rings (SSSR count). The van der Waals surface area contributed by atoms with Crippen molar-refractivity contribution in [3.8, 4) is 0 Å². The van der Waals surface area contributed by atoms with Crippen molar-refractivity contribution in [1.82, 2.24) is 0 Å². The van der Waals surface area contributed by atoms with E-state index in [2.05, 4.69) is 27.7 Å². The summed E-state index contributed by atoms with van der Waals surface area (Å²) in [6.45, 7) is 9.08. The van der Waals surface area contributed by atoms with Gasteiger partial charge >= 0.3 is 11.9 Å². The number of unbranched alkanes of at least 4 members (excludes halogenated alkanes) is 5. The molecular formula is C26H48O4. The summed E-state index contributed by atoms with van der Waals surface area (Å²) >= 11 is 0. The van der Waals surface area contributed by atoms with Gasteiger partial charge in [-0.15, -0.1) is 0 Å². The average molecular weight is 425 g/mol. The zero-order valence-electron chi connectivity index (χ0n) is 20.2. The number of carbonyl (C=O) groups excluding carboxylic acids is 1. The summed E-state index contributed by atoms with van der Waals surface area (Å²) in [5, 5.41) is 9.15. The van der Waals surface area contributed by atoms with E-state index in [0.717, 1.165) is 37.5 Å². The Bertz CT molecular complexity index is 464. The van der Waals surface area contributed by atoms with E-state index in [-0.39, 0.29) is 23.9 Å². The second-order valence-corrected chi connectivity index (χ2v) is 10.4. The van der Waals surface area contributed by atoms with E-state index in [1.807, 2.05) is 0 Å². The minimum absolute atomic E-state index is 0.0394. The molecule has 1 aliphatic rings. The highest BCUT2D eigenvalue weighted by Gasteiger charge is 2.31. The van der Waals surface area contributed by atoms with Crippen LogP contribution in [0.5, 0.6) is 0 Å². The van der Waals surface area contributed by atoms with Gasteiger partial charge in [-0.2, -0.15) is 0 Å². The molecule has 0 aromatic rings. The molecule has 1 N–H and O–H groups in total. The fourth-order valence-electron chi connectivity index (χ4n) is 4.48. The van der Waals surface area contributed by atoms with E-state index in [1.54, 1.807) is 0 Å². The van der Waals surface area contributed by atoms with Gasteiger partial charge in [0.05, 0.1) is 11.8 Å². The SMILES string of the molecule is CC(C)CCCCCCCC(CCCCC(C)C)OC(=O)C1CCC(C(=O)O)CC1. The van der Waals surface area contributed by atoms with Gasteiger partial charge in [-0.1, -0.05) is 72.6 Å². The predicted octanol–water partition coefficient (Wildman–Crippen LogP) is 7.39. The first-order valence-corrected chi connectivity index (χ1v) is 12.7. The standard InChI is InChI=1S/C26H48O4/c1-20(2)12-8-6-5-7-9-14-24(15-11-10-13-21(3)4)30-26(29)23-18-16-22(17-19-23)25(27)28/h20-24H,5-19H2,1-4H3,(H,27,28). The minimum atomic E-state index is -0.724. The Labute approximate surface area is 185 Å². The summed E-state index contributed by atoms with van der Waals surface area (Å²) in [5.74, 6) is 0.334. The Kier molecular flexibility index (Phi) is 14.1. The molecule has 0 aromatic heterocycles. The van der Waals surface area contributed by atoms with Crippen molar-refractivity contribution in [3.63, 3.8) is 0 Å².